The van der Waals surface area contributed by atoms with E-state index in [0.717, 1.165) is 31.5 Å². The topological polar surface area (TPSA) is 24.9 Å². The highest BCUT2D eigenvalue weighted by atomic mass is 35.5. The minimum atomic E-state index is 0.142. The molecule has 1 atom stereocenters. The summed E-state index contributed by atoms with van der Waals surface area (Å²) >= 11 is 6.25. The minimum absolute atomic E-state index is 0.142. The Kier molecular flexibility index (Phi) is 2.49. The van der Waals surface area contributed by atoms with Gasteiger partial charge in [-0.25, -0.2) is 4.98 Å². The fourth-order valence-electron chi connectivity index (χ4n) is 3.59. The van der Waals surface area contributed by atoms with Crippen molar-refractivity contribution in [2.45, 2.75) is 37.5 Å². The Morgan fingerprint density at radius 3 is 3.00 bits per heavy atom. The average molecular weight is 273 g/mol. The molecule has 0 spiro atoms. The Balaban J connectivity index is 1.89. The minimum Gasteiger partial charge on any atom is -0.383 e. The van der Waals surface area contributed by atoms with Crippen LogP contribution >= 0.6 is 11.6 Å². The van der Waals surface area contributed by atoms with Gasteiger partial charge in [0.15, 0.2) is 0 Å². The van der Waals surface area contributed by atoms with Gasteiger partial charge < -0.3 is 5.32 Å². The van der Waals surface area contributed by atoms with Gasteiger partial charge in [-0.15, -0.1) is 0 Å². The van der Waals surface area contributed by atoms with Gasteiger partial charge in [-0.05, 0) is 43.7 Å². The number of aromatic nitrogens is 1. The van der Waals surface area contributed by atoms with Gasteiger partial charge >= 0.3 is 0 Å². The van der Waals surface area contributed by atoms with Gasteiger partial charge in [0.05, 0.1) is 11.4 Å². The van der Waals surface area contributed by atoms with E-state index < -0.39 is 0 Å². The zero-order chi connectivity index (χ0) is 12.9. The van der Waals surface area contributed by atoms with Crippen molar-refractivity contribution < 1.29 is 0 Å². The summed E-state index contributed by atoms with van der Waals surface area (Å²) in [6.07, 6.45) is 12.7. The van der Waals surface area contributed by atoms with E-state index in [1.54, 1.807) is 0 Å². The van der Waals surface area contributed by atoms with Gasteiger partial charge in [-0.1, -0.05) is 35.4 Å². The lowest BCUT2D eigenvalue weighted by atomic mass is 9.66. The molecular weight excluding hydrogens is 256 g/mol. The lowest BCUT2D eigenvalue weighted by molar-refractivity contribution is 0.460. The van der Waals surface area contributed by atoms with Crippen molar-refractivity contribution >= 4 is 17.3 Å². The number of aryl methyl sites for hydroxylation is 1. The first kappa shape index (κ1) is 11.5. The van der Waals surface area contributed by atoms with Crippen molar-refractivity contribution in [3.05, 3.63) is 46.3 Å². The number of nitrogens with one attached hydrogen (secondary N) is 1. The molecule has 1 N–H and O–H groups in total. The van der Waals surface area contributed by atoms with Crippen molar-refractivity contribution in [1.29, 1.82) is 0 Å². The van der Waals surface area contributed by atoms with E-state index in [2.05, 4.69) is 34.6 Å². The van der Waals surface area contributed by atoms with Crippen LogP contribution in [-0.4, -0.2) is 11.5 Å². The maximum atomic E-state index is 6.25. The molecule has 2 nitrogen and oxygen atoms in total. The number of fused-ring (bicyclic) bond motifs is 3. The molecule has 0 aromatic carbocycles. The summed E-state index contributed by atoms with van der Waals surface area (Å²) in [6.45, 7) is 1.05. The number of halogens is 1. The smallest absolute Gasteiger partial charge is 0.129 e. The predicted octanol–water partition coefficient (Wildman–Crippen LogP) is 4.01. The Bertz CT molecular complexity index is 603. The van der Waals surface area contributed by atoms with E-state index in [9.17, 15) is 0 Å². The van der Waals surface area contributed by atoms with Crippen LogP contribution in [0.1, 0.15) is 36.9 Å². The van der Waals surface area contributed by atoms with E-state index in [1.165, 1.54) is 29.7 Å². The monoisotopic (exact) mass is 272 g/mol. The number of allylic oxidation sites excluding steroid dienone is 4. The lowest BCUT2D eigenvalue weighted by Gasteiger charge is -2.40. The number of pyridine rings is 1. The molecule has 0 amide bonds. The third-order valence-corrected chi connectivity index (χ3v) is 4.89. The van der Waals surface area contributed by atoms with Crippen molar-refractivity contribution in [1.82, 2.24) is 4.98 Å². The molecule has 2 bridgehead atoms. The van der Waals surface area contributed by atoms with Crippen LogP contribution in [0.25, 0.3) is 0 Å². The van der Waals surface area contributed by atoms with Crippen LogP contribution in [0.2, 0.25) is 5.15 Å². The Morgan fingerprint density at radius 1 is 1.32 bits per heavy atom. The van der Waals surface area contributed by atoms with Crippen molar-refractivity contribution in [3.63, 3.8) is 0 Å². The van der Waals surface area contributed by atoms with Crippen molar-refractivity contribution in [2.75, 3.05) is 11.9 Å². The van der Waals surface area contributed by atoms with E-state index in [1.807, 2.05) is 0 Å². The maximum absolute atomic E-state index is 6.25. The van der Waals surface area contributed by atoms with Crippen LogP contribution < -0.4 is 5.32 Å². The largest absolute Gasteiger partial charge is 0.383 e. The summed E-state index contributed by atoms with van der Waals surface area (Å²) in [5, 5.41) is 4.20. The second-order valence-electron chi connectivity index (χ2n) is 5.82. The molecule has 0 fully saturated rings. The molecule has 19 heavy (non-hydrogen) atoms. The SMILES string of the molecule is Clc1cc(C23C=CC(=CC2)CC3)c2c(n1)CCCN2. The first-order valence-electron chi connectivity index (χ1n) is 7.09. The Hall–Kier alpha value is -1.28. The van der Waals surface area contributed by atoms with Crippen LogP contribution in [0.3, 0.4) is 0 Å². The summed E-state index contributed by atoms with van der Waals surface area (Å²) < 4.78 is 0. The molecule has 4 aliphatic rings. The second-order valence-corrected chi connectivity index (χ2v) is 6.20. The molecule has 2 heterocycles. The molecule has 0 radical (unpaired) electrons. The first-order chi connectivity index (χ1) is 9.27. The molecule has 1 unspecified atom stereocenters. The average Bonchev–Trinajstić information content (AvgIpc) is 2.48. The fourth-order valence-corrected chi connectivity index (χ4v) is 3.80. The van der Waals surface area contributed by atoms with Crippen molar-refractivity contribution in [3.8, 4) is 0 Å². The van der Waals surface area contributed by atoms with E-state index in [0.29, 0.717) is 5.15 Å². The number of nitrogens with zero attached hydrogens (tertiary/aromatic N) is 1. The zero-order valence-electron chi connectivity index (χ0n) is 10.9. The number of hydrogen-bond acceptors (Lipinski definition) is 2. The molecule has 3 aliphatic carbocycles. The molecule has 1 aromatic rings. The van der Waals surface area contributed by atoms with Gasteiger partial charge in [-0.3, -0.25) is 0 Å². The third-order valence-electron chi connectivity index (χ3n) is 4.70. The third kappa shape index (κ3) is 1.73. The Morgan fingerprint density at radius 2 is 2.26 bits per heavy atom. The zero-order valence-corrected chi connectivity index (χ0v) is 11.6. The second kappa shape index (κ2) is 4.11. The molecule has 0 saturated carbocycles. The van der Waals surface area contributed by atoms with Crippen LogP contribution in [-0.2, 0) is 11.8 Å². The van der Waals surface area contributed by atoms with E-state index >= 15 is 0 Å². The number of rotatable bonds is 1. The van der Waals surface area contributed by atoms with E-state index in [-0.39, 0.29) is 5.41 Å². The summed E-state index contributed by atoms with van der Waals surface area (Å²) in [5.41, 5.74) is 5.39. The van der Waals surface area contributed by atoms with Gasteiger partial charge in [0.1, 0.15) is 5.15 Å². The number of hydrogen-bond donors (Lipinski definition) is 1. The highest BCUT2D eigenvalue weighted by Crippen LogP contribution is 2.48. The normalized spacial score (nSPS) is 27.7. The summed E-state index contributed by atoms with van der Waals surface area (Å²) in [4.78, 5) is 4.51. The highest BCUT2D eigenvalue weighted by molar-refractivity contribution is 6.29. The molecule has 5 rings (SSSR count). The molecule has 0 saturated heterocycles. The maximum Gasteiger partial charge on any atom is 0.129 e. The van der Waals surface area contributed by atoms with Crippen molar-refractivity contribution in [2.24, 2.45) is 0 Å². The summed E-state index contributed by atoms with van der Waals surface area (Å²) in [6, 6.07) is 2.08. The van der Waals surface area contributed by atoms with Crippen LogP contribution in [0.4, 0.5) is 5.69 Å². The van der Waals surface area contributed by atoms with Crippen LogP contribution in [0.15, 0.2) is 29.9 Å². The van der Waals surface area contributed by atoms with Crippen LogP contribution in [0.5, 0.6) is 0 Å². The summed E-state index contributed by atoms with van der Waals surface area (Å²) in [7, 11) is 0. The molecule has 1 aliphatic heterocycles. The molecule has 3 heteroatoms. The standard InChI is InChI=1S/C16H17ClN2/c17-14-10-12(15-13(19-14)2-1-9-18-15)16-6-3-11(4-7-16)5-8-16/h3-4,6,10,18H,1-2,5,7-9H2. The predicted molar refractivity (Wildman–Crippen MR) is 78.8 cm³/mol. The van der Waals surface area contributed by atoms with Crippen LogP contribution in [0, 0.1) is 0 Å². The molecule has 1 aromatic heterocycles. The first-order valence-corrected chi connectivity index (χ1v) is 7.47. The molecular formula is C16H17ClN2. The highest BCUT2D eigenvalue weighted by Gasteiger charge is 2.37. The lowest BCUT2D eigenvalue weighted by Crippen LogP contribution is -2.31. The van der Waals surface area contributed by atoms with Gasteiger partial charge in [0, 0.05) is 12.0 Å². The Labute approximate surface area is 118 Å². The van der Waals surface area contributed by atoms with E-state index in [4.69, 9.17) is 11.6 Å². The van der Waals surface area contributed by atoms with Gasteiger partial charge in [0.25, 0.3) is 0 Å². The summed E-state index contributed by atoms with van der Waals surface area (Å²) in [5.74, 6) is 0. The van der Waals surface area contributed by atoms with Gasteiger partial charge in [0.2, 0.25) is 0 Å². The van der Waals surface area contributed by atoms with Gasteiger partial charge in [-0.2, -0.15) is 0 Å². The fraction of sp³-hybridized carbons (Fsp3) is 0.438. The molecule has 98 valence electrons. The number of anilines is 1. The quantitative estimate of drug-likeness (QED) is 0.782.